The van der Waals surface area contributed by atoms with Crippen LogP contribution in [0.2, 0.25) is 5.02 Å². The van der Waals surface area contributed by atoms with E-state index in [4.69, 9.17) is 11.6 Å². The van der Waals surface area contributed by atoms with Gasteiger partial charge in [0.1, 0.15) is 0 Å². The van der Waals surface area contributed by atoms with Crippen molar-refractivity contribution >= 4 is 33.6 Å². The van der Waals surface area contributed by atoms with Crippen molar-refractivity contribution in [2.24, 2.45) is 0 Å². The molecule has 1 aromatic carbocycles. The molecule has 3 amide bonds. The first kappa shape index (κ1) is 19.1. The summed E-state index contributed by atoms with van der Waals surface area (Å²) in [6.45, 7) is 3.96. The largest absolute Gasteiger partial charge is 0.336 e. The lowest BCUT2D eigenvalue weighted by atomic mass is 10.2. The van der Waals surface area contributed by atoms with Crippen molar-refractivity contribution in [1.82, 2.24) is 19.4 Å². The molecule has 2 aliphatic heterocycles. The van der Waals surface area contributed by atoms with Crippen LogP contribution in [0.1, 0.15) is 6.92 Å². The average Bonchev–Trinajstić information content (AvgIpc) is 3.06. The maximum atomic E-state index is 12.7. The van der Waals surface area contributed by atoms with Crippen LogP contribution in [-0.2, 0) is 14.8 Å². The molecule has 0 saturated carbocycles. The lowest BCUT2D eigenvalue weighted by molar-refractivity contribution is -0.133. The number of hydrogen-bond donors (Lipinski definition) is 1. The number of rotatable bonds is 4. The number of amides is 3. The predicted octanol–water partition coefficient (Wildman–Crippen LogP) is 0.587. The highest BCUT2D eigenvalue weighted by Crippen LogP contribution is 2.21. The zero-order valence-electron chi connectivity index (χ0n) is 14.4. The molecule has 2 aliphatic rings. The molecule has 142 valence electrons. The number of benzene rings is 1. The number of halogens is 1. The minimum atomic E-state index is -3.62. The van der Waals surface area contributed by atoms with Crippen LogP contribution in [0.4, 0.5) is 4.79 Å². The molecule has 8 nitrogen and oxygen atoms in total. The molecule has 10 heteroatoms. The Morgan fingerprint density at radius 3 is 2.46 bits per heavy atom. The van der Waals surface area contributed by atoms with E-state index in [-0.39, 0.29) is 29.9 Å². The molecule has 1 aromatic rings. The number of hydrogen-bond acceptors (Lipinski definition) is 5. The van der Waals surface area contributed by atoms with Crippen molar-refractivity contribution in [3.8, 4) is 0 Å². The van der Waals surface area contributed by atoms with Crippen molar-refractivity contribution in [3.63, 3.8) is 0 Å². The van der Waals surface area contributed by atoms with Gasteiger partial charge in [0.2, 0.25) is 15.9 Å². The van der Waals surface area contributed by atoms with E-state index >= 15 is 0 Å². The molecule has 0 bridgehead atoms. The Bertz CT molecular complexity index is 808. The molecule has 0 radical (unpaired) electrons. The van der Waals surface area contributed by atoms with E-state index in [1.165, 1.54) is 21.3 Å². The summed E-state index contributed by atoms with van der Waals surface area (Å²) < 4.78 is 26.8. The highest BCUT2D eigenvalue weighted by Gasteiger charge is 2.35. The van der Waals surface area contributed by atoms with Crippen molar-refractivity contribution in [1.29, 1.82) is 0 Å². The van der Waals surface area contributed by atoms with Gasteiger partial charge in [0, 0.05) is 44.3 Å². The van der Waals surface area contributed by atoms with Gasteiger partial charge < -0.3 is 5.32 Å². The van der Waals surface area contributed by atoms with E-state index in [9.17, 15) is 18.0 Å². The molecule has 3 rings (SSSR count). The Balaban J connectivity index is 1.63. The Kier molecular flexibility index (Phi) is 5.52. The van der Waals surface area contributed by atoms with Crippen LogP contribution in [-0.4, -0.2) is 79.8 Å². The highest BCUT2D eigenvalue weighted by atomic mass is 35.5. The fraction of sp³-hybridized carbons (Fsp3) is 0.500. The molecule has 1 N–H and O–H groups in total. The zero-order valence-corrected chi connectivity index (χ0v) is 16.0. The number of nitrogens with zero attached hydrogens (tertiary/aromatic N) is 3. The maximum absolute atomic E-state index is 12.7. The van der Waals surface area contributed by atoms with Crippen LogP contribution in [0, 0.1) is 0 Å². The molecule has 2 saturated heterocycles. The molecule has 2 heterocycles. The summed E-state index contributed by atoms with van der Waals surface area (Å²) >= 11 is 5.90. The van der Waals surface area contributed by atoms with Crippen molar-refractivity contribution < 1.29 is 18.0 Å². The third-order valence-electron chi connectivity index (χ3n) is 4.74. The van der Waals surface area contributed by atoms with Gasteiger partial charge in [0.05, 0.1) is 10.9 Å². The molecule has 0 aromatic heterocycles. The Hall–Kier alpha value is -1.68. The monoisotopic (exact) mass is 400 g/mol. The smallest absolute Gasteiger partial charge is 0.324 e. The first-order valence-electron chi connectivity index (χ1n) is 8.39. The van der Waals surface area contributed by atoms with Gasteiger partial charge in [-0.05, 0) is 25.1 Å². The van der Waals surface area contributed by atoms with Gasteiger partial charge in [-0.15, -0.1) is 0 Å². The Morgan fingerprint density at radius 2 is 1.88 bits per heavy atom. The average molecular weight is 401 g/mol. The van der Waals surface area contributed by atoms with Crippen LogP contribution in [0.5, 0.6) is 0 Å². The van der Waals surface area contributed by atoms with Crippen LogP contribution < -0.4 is 5.32 Å². The zero-order chi connectivity index (χ0) is 18.9. The van der Waals surface area contributed by atoms with Crippen LogP contribution in [0.15, 0.2) is 29.2 Å². The quantitative estimate of drug-likeness (QED) is 0.798. The molecule has 0 spiro atoms. The number of piperazine rings is 1. The number of imide groups is 1. The van der Waals surface area contributed by atoms with E-state index in [0.717, 1.165) is 0 Å². The number of carbonyl (C=O) groups excluding carboxylic acids is 2. The standard InChI is InChI=1S/C16H21ClN4O4S/c1-12(15(22)21-6-5-18-16(21)23)19-7-9-20(10-8-19)26(24,25)14-4-2-3-13(17)11-14/h2-4,11-12H,5-10H2,1H3,(H,18,23)/t12-/m1/s1. The SMILES string of the molecule is C[C@H](C(=O)N1CCNC1=O)N1CCN(S(=O)(=O)c2cccc(Cl)c2)CC1. The van der Waals surface area contributed by atoms with Gasteiger partial charge in [-0.25, -0.2) is 13.2 Å². The summed E-state index contributed by atoms with van der Waals surface area (Å²) in [5.41, 5.74) is 0. The van der Waals surface area contributed by atoms with E-state index < -0.39 is 16.1 Å². The maximum Gasteiger partial charge on any atom is 0.324 e. The van der Waals surface area contributed by atoms with Gasteiger partial charge >= 0.3 is 6.03 Å². The molecular weight excluding hydrogens is 380 g/mol. The summed E-state index contributed by atoms with van der Waals surface area (Å²) in [6.07, 6.45) is 0. The first-order valence-corrected chi connectivity index (χ1v) is 10.2. The second-order valence-corrected chi connectivity index (χ2v) is 8.67. The van der Waals surface area contributed by atoms with E-state index in [2.05, 4.69) is 5.32 Å². The molecule has 0 aliphatic carbocycles. The molecular formula is C16H21ClN4O4S. The third-order valence-corrected chi connectivity index (χ3v) is 6.86. The summed E-state index contributed by atoms with van der Waals surface area (Å²) in [5, 5.41) is 2.98. The van der Waals surface area contributed by atoms with Gasteiger partial charge in [0.25, 0.3) is 0 Å². The topological polar surface area (TPSA) is 90.0 Å². The summed E-state index contributed by atoms with van der Waals surface area (Å²) in [6, 6.07) is 5.33. The van der Waals surface area contributed by atoms with E-state index in [1.807, 2.05) is 4.90 Å². The van der Waals surface area contributed by atoms with Gasteiger partial charge in [-0.2, -0.15) is 4.31 Å². The normalized spacial score (nSPS) is 20.8. The van der Waals surface area contributed by atoms with Crippen molar-refractivity contribution in [3.05, 3.63) is 29.3 Å². The second-order valence-electron chi connectivity index (χ2n) is 6.30. The van der Waals surface area contributed by atoms with Gasteiger partial charge in [0.15, 0.2) is 0 Å². The summed E-state index contributed by atoms with van der Waals surface area (Å²) in [4.78, 5) is 27.4. The minimum absolute atomic E-state index is 0.163. The molecule has 1 atom stereocenters. The van der Waals surface area contributed by atoms with Crippen molar-refractivity contribution in [2.45, 2.75) is 17.9 Å². The van der Waals surface area contributed by atoms with Crippen LogP contribution in [0.3, 0.4) is 0 Å². The number of sulfonamides is 1. The Labute approximate surface area is 157 Å². The number of urea groups is 1. The number of nitrogens with one attached hydrogen (secondary N) is 1. The van der Waals surface area contributed by atoms with Gasteiger partial charge in [-0.1, -0.05) is 17.7 Å². The molecule has 0 unspecified atom stereocenters. The van der Waals surface area contributed by atoms with Crippen LogP contribution in [0.25, 0.3) is 0 Å². The molecule has 2 fully saturated rings. The number of carbonyl (C=O) groups is 2. The fourth-order valence-electron chi connectivity index (χ4n) is 3.17. The predicted molar refractivity (Wildman–Crippen MR) is 96.4 cm³/mol. The summed E-state index contributed by atoms with van der Waals surface area (Å²) in [7, 11) is -3.62. The first-order chi connectivity index (χ1) is 12.3. The van der Waals surface area contributed by atoms with E-state index in [0.29, 0.717) is 31.2 Å². The highest BCUT2D eigenvalue weighted by molar-refractivity contribution is 7.89. The van der Waals surface area contributed by atoms with Gasteiger partial charge in [-0.3, -0.25) is 14.6 Å². The Morgan fingerprint density at radius 1 is 1.19 bits per heavy atom. The van der Waals surface area contributed by atoms with E-state index in [1.54, 1.807) is 19.1 Å². The molecule has 26 heavy (non-hydrogen) atoms. The van der Waals surface area contributed by atoms with Crippen LogP contribution >= 0.6 is 11.6 Å². The lowest BCUT2D eigenvalue weighted by Crippen LogP contribution is -2.55. The summed E-state index contributed by atoms with van der Waals surface area (Å²) in [5.74, 6) is -0.258. The van der Waals surface area contributed by atoms with Crippen molar-refractivity contribution in [2.75, 3.05) is 39.3 Å². The second kappa shape index (κ2) is 7.51. The minimum Gasteiger partial charge on any atom is -0.336 e. The lowest BCUT2D eigenvalue weighted by Gasteiger charge is -2.37. The fourth-order valence-corrected chi connectivity index (χ4v) is 4.89. The third kappa shape index (κ3) is 3.71.